The quantitative estimate of drug-likeness (QED) is 0.534. The second-order valence-electron chi connectivity index (χ2n) is 4.79. The largest absolute Gasteiger partial charge is 0.310 e. The predicted octanol–water partition coefficient (Wildman–Crippen LogP) is 3.51. The van der Waals surface area contributed by atoms with Crippen molar-refractivity contribution in [3.05, 3.63) is 12.2 Å². The molecule has 1 aliphatic rings. The Morgan fingerprint density at radius 1 is 1.29 bits per heavy atom. The van der Waals surface area contributed by atoms with Crippen LogP contribution in [0.4, 0.5) is 0 Å². The van der Waals surface area contributed by atoms with Crippen molar-refractivity contribution in [2.24, 2.45) is 5.92 Å². The van der Waals surface area contributed by atoms with Gasteiger partial charge in [-0.2, -0.15) is 0 Å². The van der Waals surface area contributed by atoms with Crippen LogP contribution >= 0.6 is 0 Å². The van der Waals surface area contributed by atoms with Crippen molar-refractivity contribution >= 4 is 0 Å². The van der Waals surface area contributed by atoms with Crippen LogP contribution in [0.3, 0.4) is 0 Å². The summed E-state index contributed by atoms with van der Waals surface area (Å²) in [4.78, 5) is 0. The summed E-state index contributed by atoms with van der Waals surface area (Å²) < 4.78 is 0. The Kier molecular flexibility index (Phi) is 5.24. The molecule has 0 aromatic rings. The maximum atomic E-state index is 4.03. The van der Waals surface area contributed by atoms with Gasteiger partial charge in [0, 0.05) is 12.6 Å². The molecule has 0 radical (unpaired) electrons. The molecule has 14 heavy (non-hydrogen) atoms. The van der Waals surface area contributed by atoms with Crippen LogP contribution in [0.2, 0.25) is 0 Å². The van der Waals surface area contributed by atoms with Crippen LogP contribution in [0.1, 0.15) is 52.4 Å². The van der Waals surface area contributed by atoms with Gasteiger partial charge in [-0.25, -0.2) is 0 Å². The zero-order valence-electron chi connectivity index (χ0n) is 9.81. The second-order valence-corrected chi connectivity index (χ2v) is 4.79. The highest BCUT2D eigenvalue weighted by Gasteiger charge is 2.15. The van der Waals surface area contributed by atoms with Crippen LogP contribution in [0.15, 0.2) is 12.2 Å². The zero-order valence-corrected chi connectivity index (χ0v) is 9.81. The van der Waals surface area contributed by atoms with Gasteiger partial charge in [0.1, 0.15) is 0 Å². The SMILES string of the molecule is C=C(CC)CNC1CCCC(C)CC1. The second kappa shape index (κ2) is 6.23. The Morgan fingerprint density at radius 3 is 2.79 bits per heavy atom. The molecule has 0 amide bonds. The molecule has 0 aliphatic heterocycles. The topological polar surface area (TPSA) is 12.0 Å². The van der Waals surface area contributed by atoms with Gasteiger partial charge in [0.05, 0.1) is 0 Å². The molecule has 2 atom stereocenters. The van der Waals surface area contributed by atoms with Crippen molar-refractivity contribution in [3.63, 3.8) is 0 Å². The average Bonchev–Trinajstić information content (AvgIpc) is 2.39. The van der Waals surface area contributed by atoms with E-state index >= 15 is 0 Å². The fourth-order valence-corrected chi connectivity index (χ4v) is 2.10. The van der Waals surface area contributed by atoms with E-state index in [0.29, 0.717) is 0 Å². The predicted molar refractivity (Wildman–Crippen MR) is 63.5 cm³/mol. The molecule has 0 aromatic heterocycles. The first-order valence-corrected chi connectivity index (χ1v) is 6.12. The highest BCUT2D eigenvalue weighted by molar-refractivity contribution is 4.96. The molecular formula is C13H25N. The summed E-state index contributed by atoms with van der Waals surface area (Å²) in [7, 11) is 0. The summed E-state index contributed by atoms with van der Waals surface area (Å²) in [6.07, 6.45) is 8.05. The smallest absolute Gasteiger partial charge is 0.0164 e. The van der Waals surface area contributed by atoms with Crippen LogP contribution in [0, 0.1) is 5.92 Å². The summed E-state index contributed by atoms with van der Waals surface area (Å²) in [5.41, 5.74) is 1.34. The third-order valence-electron chi connectivity index (χ3n) is 3.40. The van der Waals surface area contributed by atoms with Crippen molar-refractivity contribution < 1.29 is 0 Å². The standard InChI is InChI=1S/C13H25N/c1-4-11(2)10-14-13-7-5-6-12(3)8-9-13/h12-14H,2,4-10H2,1,3H3. The lowest BCUT2D eigenvalue weighted by molar-refractivity contribution is 0.460. The summed E-state index contributed by atoms with van der Waals surface area (Å²) in [5.74, 6) is 0.941. The lowest BCUT2D eigenvalue weighted by Gasteiger charge is -2.16. The van der Waals surface area contributed by atoms with Crippen molar-refractivity contribution in [3.8, 4) is 0 Å². The van der Waals surface area contributed by atoms with Gasteiger partial charge in [-0.05, 0) is 31.6 Å². The minimum atomic E-state index is 0.753. The lowest BCUT2D eigenvalue weighted by atomic mass is 10.0. The summed E-state index contributed by atoms with van der Waals surface area (Å²) in [5, 5.41) is 3.63. The summed E-state index contributed by atoms with van der Waals surface area (Å²) in [6, 6.07) is 0.753. The third kappa shape index (κ3) is 4.28. The molecule has 1 nitrogen and oxygen atoms in total. The van der Waals surface area contributed by atoms with E-state index in [2.05, 4.69) is 25.7 Å². The molecule has 1 rings (SSSR count). The fraction of sp³-hybridized carbons (Fsp3) is 0.846. The number of hydrogen-bond acceptors (Lipinski definition) is 1. The monoisotopic (exact) mass is 195 g/mol. The number of hydrogen-bond donors (Lipinski definition) is 1. The molecule has 82 valence electrons. The molecule has 1 fully saturated rings. The van der Waals surface area contributed by atoms with Gasteiger partial charge in [-0.3, -0.25) is 0 Å². The van der Waals surface area contributed by atoms with Crippen molar-refractivity contribution in [2.45, 2.75) is 58.4 Å². The fourth-order valence-electron chi connectivity index (χ4n) is 2.10. The van der Waals surface area contributed by atoms with E-state index in [-0.39, 0.29) is 0 Å². The van der Waals surface area contributed by atoms with Gasteiger partial charge in [0.15, 0.2) is 0 Å². The molecule has 0 bridgehead atoms. The van der Waals surface area contributed by atoms with Gasteiger partial charge >= 0.3 is 0 Å². The highest BCUT2D eigenvalue weighted by Crippen LogP contribution is 2.22. The Balaban J connectivity index is 2.20. The van der Waals surface area contributed by atoms with Crippen LogP contribution in [-0.4, -0.2) is 12.6 Å². The first-order chi connectivity index (χ1) is 6.72. The van der Waals surface area contributed by atoms with Gasteiger partial charge in [-0.1, -0.05) is 38.8 Å². The molecule has 1 heteroatoms. The van der Waals surface area contributed by atoms with Gasteiger partial charge < -0.3 is 5.32 Å². The summed E-state index contributed by atoms with van der Waals surface area (Å²) in [6.45, 7) is 9.62. The molecular weight excluding hydrogens is 170 g/mol. The van der Waals surface area contributed by atoms with Crippen LogP contribution in [-0.2, 0) is 0 Å². The first-order valence-electron chi connectivity index (χ1n) is 6.12. The maximum absolute atomic E-state index is 4.03. The van der Waals surface area contributed by atoms with E-state index in [4.69, 9.17) is 0 Å². The normalized spacial score (nSPS) is 28.4. The van der Waals surface area contributed by atoms with Gasteiger partial charge in [0.25, 0.3) is 0 Å². The average molecular weight is 195 g/mol. The molecule has 0 saturated heterocycles. The minimum Gasteiger partial charge on any atom is -0.310 e. The minimum absolute atomic E-state index is 0.753. The molecule has 0 heterocycles. The third-order valence-corrected chi connectivity index (χ3v) is 3.40. The van der Waals surface area contributed by atoms with Crippen molar-refractivity contribution in [2.75, 3.05) is 6.54 Å². The van der Waals surface area contributed by atoms with E-state index in [1.54, 1.807) is 0 Å². The van der Waals surface area contributed by atoms with E-state index in [0.717, 1.165) is 24.9 Å². The molecule has 2 unspecified atom stereocenters. The van der Waals surface area contributed by atoms with E-state index in [1.165, 1.54) is 37.7 Å². The molecule has 1 aliphatic carbocycles. The van der Waals surface area contributed by atoms with E-state index < -0.39 is 0 Å². The van der Waals surface area contributed by atoms with Crippen molar-refractivity contribution in [1.29, 1.82) is 0 Å². The first kappa shape index (κ1) is 11.8. The van der Waals surface area contributed by atoms with Crippen LogP contribution in [0.5, 0.6) is 0 Å². The van der Waals surface area contributed by atoms with Gasteiger partial charge in [0.2, 0.25) is 0 Å². The van der Waals surface area contributed by atoms with Crippen LogP contribution in [0.25, 0.3) is 0 Å². The molecule has 1 saturated carbocycles. The Labute approximate surface area is 89.0 Å². The lowest BCUT2D eigenvalue weighted by Crippen LogP contribution is -2.30. The number of rotatable bonds is 4. The maximum Gasteiger partial charge on any atom is 0.0164 e. The zero-order chi connectivity index (χ0) is 10.4. The number of nitrogens with one attached hydrogen (secondary N) is 1. The van der Waals surface area contributed by atoms with Crippen LogP contribution < -0.4 is 5.32 Å². The molecule has 0 spiro atoms. The Morgan fingerprint density at radius 2 is 2.07 bits per heavy atom. The molecule has 0 aromatic carbocycles. The molecule has 1 N–H and O–H groups in total. The summed E-state index contributed by atoms with van der Waals surface area (Å²) >= 11 is 0. The Hall–Kier alpha value is -0.300. The van der Waals surface area contributed by atoms with E-state index in [1.807, 2.05) is 0 Å². The highest BCUT2D eigenvalue weighted by atomic mass is 14.9. The Bertz CT molecular complexity index is 174. The van der Waals surface area contributed by atoms with Gasteiger partial charge in [-0.15, -0.1) is 0 Å². The van der Waals surface area contributed by atoms with E-state index in [9.17, 15) is 0 Å². The van der Waals surface area contributed by atoms with Crippen molar-refractivity contribution in [1.82, 2.24) is 5.32 Å².